The molecule has 2 aromatic rings. The quantitative estimate of drug-likeness (QED) is 0.528. The van der Waals surface area contributed by atoms with Gasteiger partial charge in [0.05, 0.1) is 12.2 Å². The number of benzene rings is 1. The molecule has 9 heteroatoms. The van der Waals surface area contributed by atoms with Crippen LogP contribution in [0.4, 0.5) is 10.1 Å². The maximum atomic E-state index is 14.3. The van der Waals surface area contributed by atoms with Crippen LogP contribution in [0.2, 0.25) is 0 Å². The Kier molecular flexibility index (Phi) is 7.62. The molecule has 0 bridgehead atoms. The third-order valence-corrected chi connectivity index (χ3v) is 5.10. The van der Waals surface area contributed by atoms with Crippen LogP contribution in [0.3, 0.4) is 0 Å². The lowest BCUT2D eigenvalue weighted by atomic mass is 10.0. The van der Waals surface area contributed by atoms with Crippen LogP contribution >= 0.6 is 0 Å². The molecular weight excluding hydrogens is 387 g/mol. The maximum Gasteiger partial charge on any atom is 0.246 e. The Balaban J connectivity index is 1.55. The van der Waals surface area contributed by atoms with Crippen LogP contribution in [0.5, 0.6) is 0 Å². The van der Waals surface area contributed by atoms with Gasteiger partial charge in [0.15, 0.2) is 11.8 Å². The van der Waals surface area contributed by atoms with Crippen LogP contribution in [-0.2, 0) is 11.3 Å². The number of nitrogens with zero attached hydrogens (tertiary/aromatic N) is 4. The lowest BCUT2D eigenvalue weighted by molar-refractivity contribution is 0.0683. The average Bonchev–Trinajstić information content (AvgIpc) is 3.22. The molecule has 30 heavy (non-hydrogen) atoms. The van der Waals surface area contributed by atoms with Gasteiger partial charge < -0.3 is 24.8 Å². The highest BCUT2D eigenvalue weighted by Crippen LogP contribution is 2.24. The number of hydrogen-bond acceptors (Lipinski definition) is 6. The van der Waals surface area contributed by atoms with Crippen molar-refractivity contribution < 1.29 is 13.7 Å². The van der Waals surface area contributed by atoms with E-state index in [-0.39, 0.29) is 18.0 Å². The first-order valence-corrected chi connectivity index (χ1v) is 10.4. The number of rotatable bonds is 7. The average molecular weight is 419 g/mol. The molecule has 2 unspecified atom stereocenters. The van der Waals surface area contributed by atoms with Crippen LogP contribution in [0.1, 0.15) is 50.1 Å². The zero-order valence-corrected chi connectivity index (χ0v) is 18.1. The number of piperidine rings is 1. The summed E-state index contributed by atoms with van der Waals surface area (Å²) in [5.74, 6) is 1.45. The van der Waals surface area contributed by atoms with E-state index in [0.29, 0.717) is 43.1 Å². The largest absolute Gasteiger partial charge is 0.371 e. The minimum Gasteiger partial charge on any atom is -0.371 e. The summed E-state index contributed by atoms with van der Waals surface area (Å²) in [6.45, 7) is 8.28. The molecular formula is C21H31FN6O2. The lowest BCUT2D eigenvalue weighted by Crippen LogP contribution is -2.51. The van der Waals surface area contributed by atoms with Crippen molar-refractivity contribution in [1.82, 2.24) is 20.8 Å². The summed E-state index contributed by atoms with van der Waals surface area (Å²) in [6.07, 6.45) is 1.76. The van der Waals surface area contributed by atoms with Crippen molar-refractivity contribution >= 4 is 11.6 Å². The number of aliphatic imine (C=N–C) groups is 1. The van der Waals surface area contributed by atoms with E-state index in [0.717, 1.165) is 24.9 Å². The molecule has 1 saturated heterocycles. The van der Waals surface area contributed by atoms with Crippen molar-refractivity contribution in [2.75, 3.05) is 31.6 Å². The highest BCUT2D eigenvalue weighted by atomic mass is 19.1. The standard InChI is InChI=1S/C21H31FN6O2/c1-5-29-15(3)20-26-19(30-27-20)12-24-21(23-4)25-16-7-6-10-28(13-16)18-11-14(2)8-9-17(18)22/h8-9,11,15-16H,5-7,10,12-13H2,1-4H3,(H2,23,24,25). The van der Waals surface area contributed by atoms with Crippen molar-refractivity contribution in [3.05, 3.63) is 41.3 Å². The Morgan fingerprint density at radius 3 is 3.07 bits per heavy atom. The monoisotopic (exact) mass is 418 g/mol. The Morgan fingerprint density at radius 1 is 1.47 bits per heavy atom. The number of aromatic nitrogens is 2. The van der Waals surface area contributed by atoms with E-state index in [1.807, 2.05) is 26.8 Å². The van der Waals surface area contributed by atoms with Crippen molar-refractivity contribution in [2.45, 2.75) is 52.3 Å². The Labute approximate surface area is 176 Å². The van der Waals surface area contributed by atoms with Crippen molar-refractivity contribution in [3.63, 3.8) is 0 Å². The van der Waals surface area contributed by atoms with E-state index in [4.69, 9.17) is 9.26 Å². The van der Waals surface area contributed by atoms with Crippen molar-refractivity contribution in [2.24, 2.45) is 4.99 Å². The first kappa shape index (κ1) is 22.0. The van der Waals surface area contributed by atoms with E-state index >= 15 is 0 Å². The summed E-state index contributed by atoms with van der Waals surface area (Å²) in [7, 11) is 1.71. The molecule has 1 fully saturated rings. The molecule has 0 spiro atoms. The number of halogens is 1. The second-order valence-corrected chi connectivity index (χ2v) is 7.45. The van der Waals surface area contributed by atoms with Crippen LogP contribution in [-0.4, -0.2) is 48.9 Å². The molecule has 0 saturated carbocycles. The molecule has 0 amide bonds. The lowest BCUT2D eigenvalue weighted by Gasteiger charge is -2.35. The molecule has 0 radical (unpaired) electrons. The van der Waals surface area contributed by atoms with Crippen LogP contribution in [0.25, 0.3) is 0 Å². The Bertz CT molecular complexity index is 856. The van der Waals surface area contributed by atoms with Crippen molar-refractivity contribution in [1.29, 1.82) is 0 Å². The van der Waals surface area contributed by atoms with Gasteiger partial charge in [0, 0.05) is 32.8 Å². The summed E-state index contributed by atoms with van der Waals surface area (Å²) < 4.78 is 25.1. The van der Waals surface area contributed by atoms with Gasteiger partial charge in [-0.3, -0.25) is 4.99 Å². The summed E-state index contributed by atoms with van der Waals surface area (Å²) in [5, 5.41) is 10.6. The molecule has 2 N–H and O–H groups in total. The van der Waals surface area contributed by atoms with E-state index in [9.17, 15) is 4.39 Å². The van der Waals surface area contributed by atoms with Crippen LogP contribution < -0.4 is 15.5 Å². The predicted octanol–water partition coefficient (Wildman–Crippen LogP) is 2.95. The van der Waals surface area contributed by atoms with Crippen LogP contribution in [0, 0.1) is 12.7 Å². The fourth-order valence-electron chi connectivity index (χ4n) is 3.56. The molecule has 8 nitrogen and oxygen atoms in total. The van der Waals surface area contributed by atoms with E-state index in [1.54, 1.807) is 13.1 Å². The normalized spacial score (nSPS) is 18.4. The number of anilines is 1. The molecule has 2 atom stereocenters. The summed E-state index contributed by atoms with van der Waals surface area (Å²) in [4.78, 5) is 10.7. The molecule has 0 aliphatic carbocycles. The summed E-state index contributed by atoms with van der Waals surface area (Å²) in [6, 6.07) is 5.39. The SMILES string of the molecule is CCOC(C)c1noc(CNC(=NC)NC2CCCN(c3cc(C)ccc3F)C2)n1. The molecule has 3 rings (SSSR count). The molecule has 164 valence electrons. The van der Waals surface area contributed by atoms with Crippen molar-refractivity contribution in [3.8, 4) is 0 Å². The number of ether oxygens (including phenoxy) is 1. The Hall–Kier alpha value is -2.68. The fraction of sp³-hybridized carbons (Fsp3) is 0.571. The molecule has 1 aromatic carbocycles. The highest BCUT2D eigenvalue weighted by Gasteiger charge is 2.23. The minimum absolute atomic E-state index is 0.154. The Morgan fingerprint density at radius 2 is 2.30 bits per heavy atom. The van der Waals surface area contributed by atoms with E-state index in [1.165, 1.54) is 6.07 Å². The molecule has 1 aliphatic rings. The molecule has 1 aromatic heterocycles. The third-order valence-electron chi connectivity index (χ3n) is 5.10. The van der Waals surface area contributed by atoms with Gasteiger partial charge in [-0.15, -0.1) is 0 Å². The maximum absolute atomic E-state index is 14.3. The topological polar surface area (TPSA) is 87.8 Å². The first-order chi connectivity index (χ1) is 14.5. The second kappa shape index (κ2) is 10.4. The smallest absolute Gasteiger partial charge is 0.246 e. The van der Waals surface area contributed by atoms with Gasteiger partial charge >= 0.3 is 0 Å². The van der Waals surface area contributed by atoms with Gasteiger partial charge in [0.1, 0.15) is 11.9 Å². The van der Waals surface area contributed by atoms with Gasteiger partial charge in [-0.2, -0.15) is 4.98 Å². The predicted molar refractivity (Wildman–Crippen MR) is 114 cm³/mol. The number of aryl methyl sites for hydroxylation is 1. The van der Waals surface area contributed by atoms with Crippen LogP contribution in [0.15, 0.2) is 27.7 Å². The zero-order valence-electron chi connectivity index (χ0n) is 18.1. The fourth-order valence-corrected chi connectivity index (χ4v) is 3.56. The van der Waals surface area contributed by atoms with Gasteiger partial charge in [-0.05, 0) is 51.3 Å². The highest BCUT2D eigenvalue weighted by molar-refractivity contribution is 5.80. The number of nitrogens with one attached hydrogen (secondary N) is 2. The number of guanidine groups is 1. The summed E-state index contributed by atoms with van der Waals surface area (Å²) in [5.41, 5.74) is 1.71. The van der Waals surface area contributed by atoms with Gasteiger partial charge in [0.2, 0.25) is 5.89 Å². The molecule has 1 aliphatic heterocycles. The van der Waals surface area contributed by atoms with E-state index in [2.05, 4.69) is 30.7 Å². The van der Waals surface area contributed by atoms with Gasteiger partial charge in [0.25, 0.3) is 0 Å². The third kappa shape index (κ3) is 5.69. The molecule has 2 heterocycles. The van der Waals surface area contributed by atoms with Gasteiger partial charge in [-0.1, -0.05) is 11.2 Å². The summed E-state index contributed by atoms with van der Waals surface area (Å²) >= 11 is 0. The minimum atomic E-state index is -0.208. The van der Waals surface area contributed by atoms with Gasteiger partial charge in [-0.25, -0.2) is 4.39 Å². The number of hydrogen-bond donors (Lipinski definition) is 2. The second-order valence-electron chi connectivity index (χ2n) is 7.45. The van der Waals surface area contributed by atoms with E-state index < -0.39 is 0 Å². The first-order valence-electron chi connectivity index (χ1n) is 10.4. The zero-order chi connectivity index (χ0) is 21.5.